The quantitative estimate of drug-likeness (QED) is 0.494. The molecule has 0 aliphatic rings. The average molecular weight is 162 g/mol. The monoisotopic (exact) mass is 162 g/mol. The van der Waals surface area contributed by atoms with Crippen molar-refractivity contribution >= 4 is 6.08 Å². The normalized spacial score (nSPS) is 11.2. The minimum atomic E-state index is -0.507. The third-order valence-electron chi connectivity index (χ3n) is 1.37. The van der Waals surface area contributed by atoms with E-state index in [0.29, 0.717) is 0 Å². The molecule has 12 heavy (non-hydrogen) atoms. The van der Waals surface area contributed by atoms with Crippen LogP contribution >= 0.6 is 0 Å². The van der Waals surface area contributed by atoms with Crippen LogP contribution in [0.25, 0.3) is 6.08 Å². The van der Waals surface area contributed by atoms with Crippen LogP contribution in [-0.2, 0) is 0 Å². The Morgan fingerprint density at radius 2 is 2.00 bits per heavy atom. The summed E-state index contributed by atoms with van der Waals surface area (Å²) in [7, 11) is 0. The molecule has 3 nitrogen and oxygen atoms in total. The van der Waals surface area contributed by atoms with Gasteiger partial charge in [0.05, 0.1) is 4.92 Å². The van der Waals surface area contributed by atoms with Gasteiger partial charge in [0, 0.05) is 13.0 Å². The Labute approximate surface area is 70.5 Å². The summed E-state index contributed by atoms with van der Waals surface area (Å²) in [5.74, 6) is 0. The van der Waals surface area contributed by atoms with E-state index in [4.69, 9.17) is 0 Å². The van der Waals surface area contributed by atoms with Crippen molar-refractivity contribution < 1.29 is 4.92 Å². The van der Waals surface area contributed by atoms with Crippen molar-refractivity contribution in [1.82, 2.24) is 0 Å². The van der Waals surface area contributed by atoms with Crippen LogP contribution in [-0.4, -0.2) is 4.92 Å². The molecule has 0 heterocycles. The SMILES string of the molecule is [CH2]/C(=C/c1ccccc1)[N+](=O)[O-]. The molecule has 0 spiro atoms. The lowest BCUT2D eigenvalue weighted by Crippen LogP contribution is -1.92. The van der Waals surface area contributed by atoms with Crippen molar-refractivity contribution in [3.8, 4) is 0 Å². The van der Waals surface area contributed by atoms with E-state index in [0.717, 1.165) is 5.56 Å². The fraction of sp³-hybridized carbons (Fsp3) is 0. The molecule has 61 valence electrons. The van der Waals surface area contributed by atoms with E-state index in [1.54, 1.807) is 12.1 Å². The third kappa shape index (κ3) is 2.20. The van der Waals surface area contributed by atoms with Crippen LogP contribution in [0.15, 0.2) is 36.0 Å². The van der Waals surface area contributed by atoms with E-state index >= 15 is 0 Å². The highest BCUT2D eigenvalue weighted by molar-refractivity contribution is 5.51. The topological polar surface area (TPSA) is 43.1 Å². The van der Waals surface area contributed by atoms with E-state index in [9.17, 15) is 10.1 Å². The van der Waals surface area contributed by atoms with Crippen LogP contribution in [0, 0.1) is 17.0 Å². The minimum absolute atomic E-state index is 0.0961. The second-order valence-electron chi connectivity index (χ2n) is 2.30. The maximum absolute atomic E-state index is 10.2. The van der Waals surface area contributed by atoms with Gasteiger partial charge < -0.3 is 0 Å². The molecule has 0 atom stereocenters. The summed E-state index contributed by atoms with van der Waals surface area (Å²) in [6, 6.07) is 9.06. The van der Waals surface area contributed by atoms with Gasteiger partial charge in [-0.1, -0.05) is 30.3 Å². The predicted octanol–water partition coefficient (Wildman–Crippen LogP) is 2.14. The summed E-state index contributed by atoms with van der Waals surface area (Å²) in [5, 5.41) is 10.2. The lowest BCUT2D eigenvalue weighted by Gasteiger charge is -1.91. The largest absolute Gasteiger partial charge is 0.259 e. The van der Waals surface area contributed by atoms with E-state index < -0.39 is 4.92 Å². The Morgan fingerprint density at radius 1 is 1.42 bits per heavy atom. The van der Waals surface area contributed by atoms with E-state index in [-0.39, 0.29) is 5.70 Å². The molecule has 0 aliphatic carbocycles. The maximum atomic E-state index is 10.2. The number of rotatable bonds is 2. The van der Waals surface area contributed by atoms with Crippen LogP contribution in [0.1, 0.15) is 5.56 Å². The van der Waals surface area contributed by atoms with Gasteiger partial charge in [-0.25, -0.2) is 0 Å². The zero-order valence-electron chi connectivity index (χ0n) is 6.43. The first kappa shape index (κ1) is 8.46. The van der Waals surface area contributed by atoms with Crippen molar-refractivity contribution in [2.75, 3.05) is 0 Å². The van der Waals surface area contributed by atoms with Gasteiger partial charge in [-0.15, -0.1) is 0 Å². The zero-order chi connectivity index (χ0) is 8.97. The first-order chi connectivity index (χ1) is 5.70. The smallest absolute Gasteiger partial charge is 0.247 e. The van der Waals surface area contributed by atoms with Crippen molar-refractivity contribution in [3.05, 3.63) is 58.6 Å². The fourth-order valence-corrected chi connectivity index (χ4v) is 0.794. The Hall–Kier alpha value is -1.64. The number of allylic oxidation sites excluding steroid dienone is 1. The summed E-state index contributed by atoms with van der Waals surface area (Å²) in [4.78, 5) is 9.67. The summed E-state index contributed by atoms with van der Waals surface area (Å²) >= 11 is 0. The van der Waals surface area contributed by atoms with Gasteiger partial charge >= 0.3 is 0 Å². The molecule has 0 aromatic heterocycles. The summed E-state index contributed by atoms with van der Waals surface area (Å²) < 4.78 is 0. The Kier molecular flexibility index (Phi) is 2.58. The first-order valence-corrected chi connectivity index (χ1v) is 3.43. The van der Waals surface area contributed by atoms with Crippen molar-refractivity contribution in [2.24, 2.45) is 0 Å². The molecule has 0 bridgehead atoms. The molecule has 1 rings (SSSR count). The first-order valence-electron chi connectivity index (χ1n) is 3.43. The van der Waals surface area contributed by atoms with Crippen LogP contribution < -0.4 is 0 Å². The van der Waals surface area contributed by atoms with E-state index in [1.807, 2.05) is 18.2 Å². The molecule has 1 aromatic rings. The van der Waals surface area contributed by atoms with Crippen LogP contribution in [0.2, 0.25) is 0 Å². The number of nitrogens with zero attached hydrogens (tertiary/aromatic N) is 1. The Bertz CT molecular complexity index is 304. The van der Waals surface area contributed by atoms with E-state index in [2.05, 4.69) is 6.92 Å². The van der Waals surface area contributed by atoms with Gasteiger partial charge in [-0.2, -0.15) is 0 Å². The van der Waals surface area contributed by atoms with Gasteiger partial charge in [-0.05, 0) is 5.56 Å². The lowest BCUT2D eigenvalue weighted by molar-refractivity contribution is -0.418. The lowest BCUT2D eigenvalue weighted by atomic mass is 10.2. The Morgan fingerprint density at radius 3 is 2.50 bits per heavy atom. The molecular weight excluding hydrogens is 154 g/mol. The highest BCUT2D eigenvalue weighted by Gasteiger charge is 2.00. The van der Waals surface area contributed by atoms with Gasteiger partial charge in [-0.3, -0.25) is 10.1 Å². The molecule has 3 heteroatoms. The fourth-order valence-electron chi connectivity index (χ4n) is 0.794. The average Bonchev–Trinajstić information content (AvgIpc) is 2.06. The zero-order valence-corrected chi connectivity index (χ0v) is 6.43. The van der Waals surface area contributed by atoms with Gasteiger partial charge in [0.25, 0.3) is 0 Å². The molecule has 0 saturated heterocycles. The standard InChI is InChI=1S/C9H8NO2/c1-8(10(11)12)7-9-5-3-2-4-6-9/h2-7H,1H2/b8-7-. The second kappa shape index (κ2) is 3.67. The van der Waals surface area contributed by atoms with Crippen molar-refractivity contribution in [1.29, 1.82) is 0 Å². The van der Waals surface area contributed by atoms with Crippen LogP contribution in [0.4, 0.5) is 0 Å². The highest BCUT2D eigenvalue weighted by Crippen LogP contribution is 2.05. The minimum Gasteiger partial charge on any atom is -0.259 e. The second-order valence-corrected chi connectivity index (χ2v) is 2.30. The third-order valence-corrected chi connectivity index (χ3v) is 1.37. The highest BCUT2D eigenvalue weighted by atomic mass is 16.6. The molecule has 1 aromatic carbocycles. The summed E-state index contributed by atoms with van der Waals surface area (Å²) in [5.41, 5.74) is 0.695. The number of nitro groups is 1. The number of hydrogen-bond donors (Lipinski definition) is 0. The molecule has 0 fully saturated rings. The molecular formula is C9H8NO2. The molecule has 0 N–H and O–H groups in total. The van der Waals surface area contributed by atoms with Gasteiger partial charge in [0.1, 0.15) is 0 Å². The summed E-state index contributed by atoms with van der Waals surface area (Å²) in [6.07, 6.45) is 1.43. The van der Waals surface area contributed by atoms with E-state index in [1.165, 1.54) is 6.08 Å². The van der Waals surface area contributed by atoms with Gasteiger partial charge in [0.15, 0.2) is 0 Å². The summed E-state index contributed by atoms with van der Waals surface area (Å²) in [6.45, 7) is 3.29. The molecule has 0 amide bonds. The molecule has 1 radical (unpaired) electrons. The molecule has 0 unspecified atom stereocenters. The van der Waals surface area contributed by atoms with Gasteiger partial charge in [0.2, 0.25) is 5.70 Å². The number of benzene rings is 1. The maximum Gasteiger partial charge on any atom is 0.247 e. The van der Waals surface area contributed by atoms with Crippen LogP contribution in [0.3, 0.4) is 0 Å². The van der Waals surface area contributed by atoms with Crippen LogP contribution in [0.5, 0.6) is 0 Å². The molecule has 0 aliphatic heterocycles. The Balaban J connectivity index is 2.89. The predicted molar refractivity (Wildman–Crippen MR) is 46.8 cm³/mol. The number of hydrogen-bond acceptors (Lipinski definition) is 2. The van der Waals surface area contributed by atoms with Crippen molar-refractivity contribution in [2.45, 2.75) is 0 Å². The molecule has 0 saturated carbocycles. The van der Waals surface area contributed by atoms with Crippen molar-refractivity contribution in [3.63, 3.8) is 0 Å².